The first-order chi connectivity index (χ1) is 15.2. The van der Waals surface area contributed by atoms with E-state index in [-0.39, 0.29) is 24.2 Å². The number of aliphatic hydroxyl groups excluding tert-OH is 2. The van der Waals surface area contributed by atoms with Crippen molar-refractivity contribution in [2.24, 2.45) is 11.8 Å². The molecule has 174 valence electrons. The lowest BCUT2D eigenvalue weighted by atomic mass is 9.59. The molecule has 4 saturated carbocycles. The van der Waals surface area contributed by atoms with Crippen molar-refractivity contribution in [1.29, 1.82) is 0 Å². The van der Waals surface area contributed by atoms with E-state index in [9.17, 15) is 19.8 Å². The molecule has 0 radical (unpaired) electrons. The van der Waals surface area contributed by atoms with Gasteiger partial charge >= 0.3 is 0 Å². The molecule has 6 rings (SSSR count). The van der Waals surface area contributed by atoms with Crippen LogP contribution >= 0.6 is 11.6 Å². The number of carbonyl (C=O) groups excluding carboxylic acids is 2. The van der Waals surface area contributed by atoms with E-state index in [4.69, 9.17) is 16.3 Å². The van der Waals surface area contributed by atoms with Gasteiger partial charge < -0.3 is 25.6 Å². The molecule has 1 aromatic carbocycles. The number of aliphatic hydroxyl groups is 2. The smallest absolute Gasteiger partial charge is 0.261 e. The fourth-order valence-corrected chi connectivity index (χ4v) is 6.23. The number of nitrogens with one attached hydrogen (secondary N) is 2. The molecule has 1 heterocycles. The molecule has 7 nitrogen and oxygen atoms in total. The lowest BCUT2D eigenvalue weighted by molar-refractivity contribution is -0.143. The van der Waals surface area contributed by atoms with Crippen LogP contribution in [-0.4, -0.2) is 45.3 Å². The number of ether oxygens (including phenoxy) is 1. The molecule has 8 heteroatoms. The molecule has 32 heavy (non-hydrogen) atoms. The van der Waals surface area contributed by atoms with E-state index in [0.717, 1.165) is 12.8 Å². The van der Waals surface area contributed by atoms with E-state index < -0.39 is 29.4 Å². The van der Waals surface area contributed by atoms with E-state index in [2.05, 4.69) is 17.6 Å². The number of halogens is 1. The fraction of sp³-hybridized carbons (Fsp3) is 0.667. The quantitative estimate of drug-likeness (QED) is 0.550. The van der Waals surface area contributed by atoms with Gasteiger partial charge in [0, 0.05) is 28.5 Å². The highest BCUT2D eigenvalue weighted by Crippen LogP contribution is 2.48. The summed E-state index contributed by atoms with van der Waals surface area (Å²) in [4.78, 5) is 25.7. The van der Waals surface area contributed by atoms with Gasteiger partial charge in [-0.1, -0.05) is 18.5 Å². The molecule has 5 aliphatic rings. The zero-order valence-corrected chi connectivity index (χ0v) is 19.0. The minimum atomic E-state index is -0.828. The predicted octanol–water partition coefficient (Wildman–Crippen LogP) is 2.62. The molecule has 2 bridgehead atoms. The first kappa shape index (κ1) is 22.0. The van der Waals surface area contributed by atoms with E-state index in [0.29, 0.717) is 54.4 Å². The van der Waals surface area contributed by atoms with Crippen molar-refractivity contribution in [3.05, 3.63) is 28.8 Å². The van der Waals surface area contributed by atoms with Crippen LogP contribution in [0.5, 0.6) is 5.75 Å². The van der Waals surface area contributed by atoms with Crippen molar-refractivity contribution in [3.8, 4) is 5.75 Å². The Morgan fingerprint density at radius 1 is 1.06 bits per heavy atom. The third-order valence-electron chi connectivity index (χ3n) is 8.16. The molecule has 1 aliphatic heterocycles. The largest absolute Gasteiger partial charge is 0.480 e. The van der Waals surface area contributed by atoms with Gasteiger partial charge in [-0.2, -0.15) is 0 Å². The van der Waals surface area contributed by atoms with Gasteiger partial charge in [0.1, 0.15) is 5.75 Å². The van der Waals surface area contributed by atoms with Crippen LogP contribution in [0, 0.1) is 11.8 Å². The average Bonchev–Trinajstić information content (AvgIpc) is 2.73. The summed E-state index contributed by atoms with van der Waals surface area (Å²) >= 11 is 6.01. The molecule has 0 saturated heterocycles. The molecule has 0 aromatic heterocycles. The van der Waals surface area contributed by atoms with Crippen molar-refractivity contribution in [2.45, 2.75) is 87.7 Å². The first-order valence-corrected chi connectivity index (χ1v) is 12.0. The van der Waals surface area contributed by atoms with E-state index in [1.807, 2.05) is 0 Å². The SMILES string of the molecule is CC1CC(C(=O)NC23CCC(NC(=O)[C@@H]4C[C@H](O)c5cc(Cl)ccc5O4)(CC2)C[C@@H]3O)C1. The minimum absolute atomic E-state index is 0.0592. The van der Waals surface area contributed by atoms with Gasteiger partial charge in [0.05, 0.1) is 17.7 Å². The maximum atomic E-state index is 13.1. The number of carbonyl (C=O) groups is 2. The Kier molecular flexibility index (Phi) is 5.42. The van der Waals surface area contributed by atoms with Crippen LogP contribution in [0.4, 0.5) is 0 Å². The Morgan fingerprint density at radius 3 is 2.44 bits per heavy atom. The molecule has 0 unspecified atom stereocenters. The zero-order valence-electron chi connectivity index (χ0n) is 18.3. The van der Waals surface area contributed by atoms with Crippen LogP contribution in [0.25, 0.3) is 0 Å². The number of rotatable bonds is 4. The second-order valence-corrected chi connectivity index (χ2v) is 10.9. The predicted molar refractivity (Wildman–Crippen MR) is 118 cm³/mol. The topological polar surface area (TPSA) is 108 Å². The molecule has 4 N–H and O–H groups in total. The van der Waals surface area contributed by atoms with Crippen LogP contribution in [-0.2, 0) is 9.59 Å². The Morgan fingerprint density at radius 2 is 1.78 bits per heavy atom. The number of hydrogen-bond acceptors (Lipinski definition) is 5. The van der Waals surface area contributed by atoms with Gasteiger partial charge in [-0.25, -0.2) is 0 Å². The van der Waals surface area contributed by atoms with Crippen molar-refractivity contribution in [1.82, 2.24) is 10.6 Å². The van der Waals surface area contributed by atoms with Crippen LogP contribution in [0.1, 0.15) is 70.0 Å². The maximum Gasteiger partial charge on any atom is 0.261 e. The standard InChI is InChI=1S/C24H31ClN2O5/c1-13-8-14(9-13)21(30)27-24-6-4-23(5-7-24,12-20(24)29)26-22(31)19-11-17(28)16-10-15(25)2-3-18(16)32-19/h2-3,10,13-14,17,19-20,28-29H,4-9,11-12H2,1H3,(H,26,31)(H,27,30)/t13?,14?,17-,19-,20-,23?,24?/m0/s1. The monoisotopic (exact) mass is 462 g/mol. The summed E-state index contributed by atoms with van der Waals surface area (Å²) in [5.74, 6) is 0.901. The Bertz CT molecular complexity index is 923. The lowest BCUT2D eigenvalue weighted by Crippen LogP contribution is -2.71. The third-order valence-corrected chi connectivity index (χ3v) is 8.39. The molecule has 1 aromatic rings. The molecule has 4 aliphatic carbocycles. The average molecular weight is 463 g/mol. The maximum absolute atomic E-state index is 13.1. The fourth-order valence-electron chi connectivity index (χ4n) is 6.05. The van der Waals surface area contributed by atoms with Crippen LogP contribution in [0.15, 0.2) is 18.2 Å². The minimum Gasteiger partial charge on any atom is -0.480 e. The zero-order chi connectivity index (χ0) is 22.7. The van der Waals surface area contributed by atoms with Gasteiger partial charge in [0.25, 0.3) is 5.91 Å². The highest BCUT2D eigenvalue weighted by atomic mass is 35.5. The Balaban J connectivity index is 1.22. The van der Waals surface area contributed by atoms with Crippen molar-refractivity contribution in [3.63, 3.8) is 0 Å². The highest BCUT2D eigenvalue weighted by Gasteiger charge is 2.56. The Labute approximate surface area is 192 Å². The summed E-state index contributed by atoms with van der Waals surface area (Å²) < 4.78 is 5.87. The number of amides is 2. The molecular weight excluding hydrogens is 432 g/mol. The van der Waals surface area contributed by atoms with Gasteiger partial charge in [-0.05, 0) is 69.1 Å². The first-order valence-electron chi connectivity index (χ1n) is 11.6. The normalized spacial score (nSPS) is 39.9. The molecule has 0 spiro atoms. The number of benzene rings is 1. The van der Waals surface area contributed by atoms with Gasteiger partial charge in [0.15, 0.2) is 6.10 Å². The summed E-state index contributed by atoms with van der Waals surface area (Å²) in [6.45, 7) is 2.15. The van der Waals surface area contributed by atoms with Crippen molar-refractivity contribution < 1.29 is 24.5 Å². The molecular formula is C24H31ClN2O5. The summed E-state index contributed by atoms with van der Waals surface area (Å²) in [7, 11) is 0. The molecule has 3 atom stereocenters. The Hall–Kier alpha value is -1.83. The summed E-state index contributed by atoms with van der Waals surface area (Å²) in [6.07, 6.45) is 2.71. The van der Waals surface area contributed by atoms with E-state index in [1.54, 1.807) is 18.2 Å². The summed E-state index contributed by atoms with van der Waals surface area (Å²) in [6, 6.07) is 5.00. The van der Waals surface area contributed by atoms with Gasteiger partial charge in [-0.15, -0.1) is 0 Å². The lowest BCUT2D eigenvalue weighted by Gasteiger charge is -2.57. The van der Waals surface area contributed by atoms with Crippen LogP contribution in [0.2, 0.25) is 5.02 Å². The van der Waals surface area contributed by atoms with Crippen molar-refractivity contribution >= 4 is 23.4 Å². The second kappa shape index (κ2) is 7.89. The molecule has 2 amide bonds. The van der Waals surface area contributed by atoms with Crippen molar-refractivity contribution in [2.75, 3.05) is 0 Å². The third kappa shape index (κ3) is 3.78. The van der Waals surface area contributed by atoms with Crippen LogP contribution < -0.4 is 15.4 Å². The van der Waals surface area contributed by atoms with Gasteiger partial charge in [0.2, 0.25) is 5.91 Å². The van der Waals surface area contributed by atoms with Gasteiger partial charge in [-0.3, -0.25) is 9.59 Å². The number of hydrogen-bond donors (Lipinski definition) is 4. The summed E-state index contributed by atoms with van der Waals surface area (Å²) in [5, 5.41) is 28.3. The molecule has 4 fully saturated rings. The van der Waals surface area contributed by atoms with E-state index in [1.165, 1.54) is 0 Å². The second-order valence-electron chi connectivity index (χ2n) is 10.4. The number of fused-ring (bicyclic) bond motifs is 4. The highest BCUT2D eigenvalue weighted by molar-refractivity contribution is 6.30. The van der Waals surface area contributed by atoms with E-state index >= 15 is 0 Å². The summed E-state index contributed by atoms with van der Waals surface area (Å²) in [5.41, 5.74) is -0.507. The van der Waals surface area contributed by atoms with Crippen LogP contribution in [0.3, 0.4) is 0 Å².